The number of nitrogens with two attached hydrogens (primary N) is 1. The fourth-order valence-electron chi connectivity index (χ4n) is 1.53. The lowest BCUT2D eigenvalue weighted by Gasteiger charge is -2.08. The third kappa shape index (κ3) is 6.97. The maximum Gasteiger partial charge on any atom is 0.0730 e. The maximum atomic E-state index is 5.60. The van der Waals surface area contributed by atoms with E-state index in [-0.39, 0.29) is 0 Å². The maximum absolute atomic E-state index is 5.60. The summed E-state index contributed by atoms with van der Waals surface area (Å²) in [5.74, 6) is 6.48. The van der Waals surface area contributed by atoms with E-state index in [1.165, 1.54) is 0 Å². The molecule has 1 aromatic rings. The van der Waals surface area contributed by atoms with Gasteiger partial charge in [-0.1, -0.05) is 43.9 Å². The zero-order valence-corrected chi connectivity index (χ0v) is 11.8. The molecule has 19 heavy (non-hydrogen) atoms. The SMILES string of the molecule is CC(C)COCCOCc1ccccc1C#CCN. The Hall–Kier alpha value is -1.34. The summed E-state index contributed by atoms with van der Waals surface area (Å²) in [4.78, 5) is 0. The van der Waals surface area contributed by atoms with Crippen LogP contribution < -0.4 is 5.73 Å². The third-order valence-corrected chi connectivity index (χ3v) is 2.42. The first-order chi connectivity index (χ1) is 9.24. The molecule has 0 aromatic heterocycles. The van der Waals surface area contributed by atoms with Crippen molar-refractivity contribution in [2.45, 2.75) is 20.5 Å². The molecule has 0 bridgehead atoms. The Bertz CT molecular complexity index is 418. The van der Waals surface area contributed by atoms with Crippen molar-refractivity contribution in [3.63, 3.8) is 0 Å². The average molecular weight is 261 g/mol. The van der Waals surface area contributed by atoms with Crippen LogP contribution in [0.3, 0.4) is 0 Å². The van der Waals surface area contributed by atoms with E-state index in [1.807, 2.05) is 24.3 Å². The molecule has 1 aromatic carbocycles. The van der Waals surface area contributed by atoms with Gasteiger partial charge in [-0.25, -0.2) is 0 Å². The van der Waals surface area contributed by atoms with Gasteiger partial charge in [0, 0.05) is 12.2 Å². The Labute approximate surface area is 116 Å². The quantitative estimate of drug-likeness (QED) is 0.604. The molecule has 0 aliphatic rings. The van der Waals surface area contributed by atoms with Crippen LogP contribution in [-0.2, 0) is 16.1 Å². The Kier molecular flexibility index (Phi) is 7.92. The highest BCUT2D eigenvalue weighted by Crippen LogP contribution is 2.08. The molecule has 0 fully saturated rings. The number of hydrogen-bond donors (Lipinski definition) is 1. The van der Waals surface area contributed by atoms with E-state index >= 15 is 0 Å². The Balaban J connectivity index is 2.33. The molecule has 0 amide bonds. The van der Waals surface area contributed by atoms with Gasteiger partial charge >= 0.3 is 0 Å². The molecule has 0 aliphatic heterocycles. The smallest absolute Gasteiger partial charge is 0.0730 e. The molecule has 0 saturated carbocycles. The van der Waals surface area contributed by atoms with Gasteiger partial charge in [-0.2, -0.15) is 0 Å². The lowest BCUT2D eigenvalue weighted by atomic mass is 10.1. The highest BCUT2D eigenvalue weighted by molar-refractivity contribution is 5.41. The molecule has 0 heterocycles. The number of ether oxygens (including phenoxy) is 2. The predicted octanol–water partition coefficient (Wildman–Crippen LogP) is 2.19. The van der Waals surface area contributed by atoms with Crippen molar-refractivity contribution in [3.8, 4) is 11.8 Å². The third-order valence-electron chi connectivity index (χ3n) is 2.42. The van der Waals surface area contributed by atoms with Crippen molar-refractivity contribution >= 4 is 0 Å². The molecule has 0 radical (unpaired) electrons. The summed E-state index contributed by atoms with van der Waals surface area (Å²) < 4.78 is 11.1. The van der Waals surface area contributed by atoms with Gasteiger partial charge in [-0.15, -0.1) is 0 Å². The summed E-state index contributed by atoms with van der Waals surface area (Å²) >= 11 is 0. The molecule has 0 aliphatic carbocycles. The lowest BCUT2D eigenvalue weighted by molar-refractivity contribution is 0.0314. The van der Waals surface area contributed by atoms with E-state index in [0.29, 0.717) is 32.3 Å². The second-order valence-corrected chi connectivity index (χ2v) is 4.68. The van der Waals surface area contributed by atoms with Gasteiger partial charge in [0.15, 0.2) is 0 Å². The van der Waals surface area contributed by atoms with Crippen molar-refractivity contribution in [1.82, 2.24) is 0 Å². The molecule has 3 nitrogen and oxygen atoms in total. The summed E-state index contributed by atoms with van der Waals surface area (Å²) in [6.07, 6.45) is 0. The summed E-state index contributed by atoms with van der Waals surface area (Å²) in [5.41, 5.74) is 7.46. The van der Waals surface area contributed by atoms with Crippen molar-refractivity contribution in [2.75, 3.05) is 26.4 Å². The lowest BCUT2D eigenvalue weighted by Crippen LogP contribution is -2.08. The van der Waals surface area contributed by atoms with Crippen LogP contribution in [0.5, 0.6) is 0 Å². The minimum Gasteiger partial charge on any atom is -0.379 e. The predicted molar refractivity (Wildman–Crippen MR) is 77.7 cm³/mol. The largest absolute Gasteiger partial charge is 0.379 e. The van der Waals surface area contributed by atoms with E-state index in [2.05, 4.69) is 25.7 Å². The van der Waals surface area contributed by atoms with Gasteiger partial charge in [0.05, 0.1) is 26.4 Å². The fourth-order valence-corrected chi connectivity index (χ4v) is 1.53. The molecule has 0 spiro atoms. The molecular weight excluding hydrogens is 238 g/mol. The van der Waals surface area contributed by atoms with Crippen LogP contribution in [0.2, 0.25) is 0 Å². The summed E-state index contributed by atoms with van der Waals surface area (Å²) in [7, 11) is 0. The van der Waals surface area contributed by atoms with Gasteiger partial charge in [-0.05, 0) is 17.5 Å². The first-order valence-corrected chi connectivity index (χ1v) is 6.66. The molecule has 0 unspecified atom stereocenters. The van der Waals surface area contributed by atoms with E-state index in [1.54, 1.807) is 0 Å². The van der Waals surface area contributed by atoms with Crippen LogP contribution in [0.15, 0.2) is 24.3 Å². The number of benzene rings is 1. The molecule has 104 valence electrons. The van der Waals surface area contributed by atoms with Crippen molar-refractivity contribution in [1.29, 1.82) is 0 Å². The van der Waals surface area contributed by atoms with Crippen LogP contribution in [0.25, 0.3) is 0 Å². The van der Waals surface area contributed by atoms with Crippen LogP contribution in [-0.4, -0.2) is 26.4 Å². The molecule has 2 N–H and O–H groups in total. The zero-order valence-electron chi connectivity index (χ0n) is 11.8. The Morgan fingerprint density at radius 1 is 1.16 bits per heavy atom. The molecule has 0 saturated heterocycles. The van der Waals surface area contributed by atoms with Gasteiger partial charge in [0.2, 0.25) is 0 Å². The summed E-state index contributed by atoms with van der Waals surface area (Å²) in [6, 6.07) is 7.96. The van der Waals surface area contributed by atoms with Crippen LogP contribution in [0.4, 0.5) is 0 Å². The van der Waals surface area contributed by atoms with E-state index in [9.17, 15) is 0 Å². The van der Waals surface area contributed by atoms with E-state index in [0.717, 1.165) is 17.7 Å². The van der Waals surface area contributed by atoms with Crippen LogP contribution in [0, 0.1) is 17.8 Å². The first kappa shape index (κ1) is 15.7. The fraction of sp³-hybridized carbons (Fsp3) is 0.500. The highest BCUT2D eigenvalue weighted by Gasteiger charge is 1.99. The molecule has 3 heteroatoms. The minimum atomic E-state index is 0.373. The molecular formula is C16H23NO2. The van der Waals surface area contributed by atoms with E-state index in [4.69, 9.17) is 15.2 Å². The van der Waals surface area contributed by atoms with Gasteiger partial charge in [0.1, 0.15) is 0 Å². The Morgan fingerprint density at radius 2 is 1.89 bits per heavy atom. The monoisotopic (exact) mass is 261 g/mol. The summed E-state index contributed by atoms with van der Waals surface area (Å²) in [6.45, 7) is 7.21. The highest BCUT2D eigenvalue weighted by atomic mass is 16.5. The van der Waals surface area contributed by atoms with Crippen molar-refractivity contribution in [3.05, 3.63) is 35.4 Å². The molecule has 1 rings (SSSR count). The second kappa shape index (κ2) is 9.57. The van der Waals surface area contributed by atoms with Crippen molar-refractivity contribution < 1.29 is 9.47 Å². The number of rotatable bonds is 7. The van der Waals surface area contributed by atoms with Crippen LogP contribution >= 0.6 is 0 Å². The van der Waals surface area contributed by atoms with Crippen LogP contribution in [0.1, 0.15) is 25.0 Å². The number of hydrogen-bond acceptors (Lipinski definition) is 3. The molecule has 0 atom stereocenters. The van der Waals surface area contributed by atoms with Gasteiger partial charge in [0.25, 0.3) is 0 Å². The average Bonchev–Trinajstić information content (AvgIpc) is 2.41. The van der Waals surface area contributed by atoms with Gasteiger partial charge < -0.3 is 15.2 Å². The standard InChI is InChI=1S/C16H23NO2/c1-14(2)12-18-10-11-19-13-16-7-4-3-6-15(16)8-5-9-17/h3-4,6-7,14H,9-13,17H2,1-2H3. The topological polar surface area (TPSA) is 44.5 Å². The zero-order chi connectivity index (χ0) is 13.9. The van der Waals surface area contributed by atoms with Crippen molar-refractivity contribution in [2.24, 2.45) is 11.7 Å². The minimum absolute atomic E-state index is 0.373. The van der Waals surface area contributed by atoms with E-state index < -0.39 is 0 Å². The van der Waals surface area contributed by atoms with Gasteiger partial charge in [-0.3, -0.25) is 0 Å². The summed E-state index contributed by atoms with van der Waals surface area (Å²) in [5, 5.41) is 0. The normalized spacial score (nSPS) is 10.3. The Morgan fingerprint density at radius 3 is 2.63 bits per heavy atom. The second-order valence-electron chi connectivity index (χ2n) is 4.68. The first-order valence-electron chi connectivity index (χ1n) is 6.66.